The Hall–Kier alpha value is -3.42. The van der Waals surface area contributed by atoms with Crippen LogP contribution < -0.4 is 10.6 Å². The lowest BCUT2D eigenvalue weighted by Gasteiger charge is -2.04. The summed E-state index contributed by atoms with van der Waals surface area (Å²) in [6.45, 7) is 0. The lowest BCUT2D eigenvalue weighted by atomic mass is 10.2. The maximum Gasteiger partial charge on any atom is 0.277 e. The summed E-state index contributed by atoms with van der Waals surface area (Å²) in [4.78, 5) is 24.2. The summed E-state index contributed by atoms with van der Waals surface area (Å²) in [7, 11) is 1.63. The fourth-order valence-corrected chi connectivity index (χ4v) is 1.93. The van der Waals surface area contributed by atoms with Gasteiger partial charge in [-0.25, -0.2) is 0 Å². The van der Waals surface area contributed by atoms with Crippen LogP contribution in [0.5, 0.6) is 0 Å². The maximum atomic E-state index is 12.1. The molecular weight excluding hydrogens is 298 g/mol. The van der Waals surface area contributed by atoms with Crippen LogP contribution in [0.15, 0.2) is 53.3 Å². The molecule has 3 rings (SSSR count). The maximum absolute atomic E-state index is 12.1. The summed E-state index contributed by atoms with van der Waals surface area (Å²) in [5.74, 6) is -0.0357. The van der Waals surface area contributed by atoms with Crippen LogP contribution in [0.4, 0.5) is 11.6 Å². The molecule has 0 aliphatic carbocycles. The fourth-order valence-electron chi connectivity index (χ4n) is 1.93. The van der Waals surface area contributed by atoms with Crippen molar-refractivity contribution in [2.45, 2.75) is 0 Å². The Labute approximate surface area is 131 Å². The number of nitrogens with one attached hydrogen (secondary N) is 2. The van der Waals surface area contributed by atoms with Gasteiger partial charge >= 0.3 is 0 Å². The Morgan fingerprint density at radius 2 is 1.87 bits per heavy atom. The fraction of sp³-hybridized carbons (Fsp3) is 0.0667. The van der Waals surface area contributed by atoms with Crippen molar-refractivity contribution < 1.29 is 14.1 Å². The van der Waals surface area contributed by atoms with Crippen LogP contribution in [-0.4, -0.2) is 26.8 Å². The van der Waals surface area contributed by atoms with E-state index < -0.39 is 5.91 Å². The normalized spacial score (nSPS) is 10.3. The zero-order valence-corrected chi connectivity index (χ0v) is 12.2. The van der Waals surface area contributed by atoms with E-state index in [1.165, 1.54) is 23.1 Å². The summed E-state index contributed by atoms with van der Waals surface area (Å²) in [5.41, 5.74) is 0.668. The number of hydrogen-bond donors (Lipinski definition) is 2. The zero-order valence-electron chi connectivity index (χ0n) is 12.2. The first kappa shape index (κ1) is 14.5. The molecule has 2 aromatic heterocycles. The van der Waals surface area contributed by atoms with Gasteiger partial charge in [-0.05, 0) is 12.1 Å². The van der Waals surface area contributed by atoms with Crippen molar-refractivity contribution in [3.8, 4) is 0 Å². The van der Waals surface area contributed by atoms with Crippen LogP contribution in [0, 0.1) is 0 Å². The number of aromatic nitrogens is 3. The number of rotatable bonds is 4. The van der Waals surface area contributed by atoms with Crippen molar-refractivity contribution in [2.24, 2.45) is 7.05 Å². The predicted molar refractivity (Wildman–Crippen MR) is 82.1 cm³/mol. The highest BCUT2D eigenvalue weighted by atomic mass is 16.5. The van der Waals surface area contributed by atoms with Gasteiger partial charge in [0.05, 0.1) is 0 Å². The second-order valence-corrected chi connectivity index (χ2v) is 4.70. The second kappa shape index (κ2) is 6.14. The number of aryl methyl sites for hydroxylation is 1. The average molecular weight is 311 g/mol. The molecule has 2 heterocycles. The highest BCUT2D eigenvalue weighted by molar-refractivity contribution is 6.06. The van der Waals surface area contributed by atoms with Gasteiger partial charge in [0.2, 0.25) is 0 Å². The molecule has 2 N–H and O–H groups in total. The predicted octanol–water partition coefficient (Wildman–Crippen LogP) is 1.91. The monoisotopic (exact) mass is 311 g/mol. The van der Waals surface area contributed by atoms with Gasteiger partial charge < -0.3 is 15.2 Å². The van der Waals surface area contributed by atoms with E-state index in [4.69, 9.17) is 0 Å². The molecule has 0 aliphatic rings. The standard InChI is InChI=1S/C15H13N5O3/c1-20-13(17-14(21)10-5-3-2-4-6-10)9-11(18-20)15(22)16-12-7-8-23-19-12/h2-9H,1H3,(H,17,21)(H,16,19,22). The van der Waals surface area contributed by atoms with E-state index in [1.54, 1.807) is 31.3 Å². The third kappa shape index (κ3) is 3.26. The molecule has 0 aliphatic heterocycles. The Kier molecular flexibility index (Phi) is 3.88. The van der Waals surface area contributed by atoms with Crippen molar-refractivity contribution >= 4 is 23.5 Å². The Morgan fingerprint density at radius 1 is 1.09 bits per heavy atom. The first-order chi connectivity index (χ1) is 11.1. The van der Waals surface area contributed by atoms with Gasteiger partial charge in [0.1, 0.15) is 12.1 Å². The first-order valence-electron chi connectivity index (χ1n) is 6.75. The van der Waals surface area contributed by atoms with E-state index in [-0.39, 0.29) is 17.4 Å². The molecule has 0 radical (unpaired) electrons. The first-order valence-corrected chi connectivity index (χ1v) is 6.75. The molecule has 23 heavy (non-hydrogen) atoms. The highest BCUT2D eigenvalue weighted by Crippen LogP contribution is 2.13. The number of carbonyl (C=O) groups is 2. The SMILES string of the molecule is Cn1nc(C(=O)Nc2ccon2)cc1NC(=O)c1ccccc1. The van der Waals surface area contributed by atoms with E-state index >= 15 is 0 Å². The van der Waals surface area contributed by atoms with Crippen LogP contribution in [0.3, 0.4) is 0 Å². The Morgan fingerprint density at radius 3 is 2.57 bits per heavy atom. The summed E-state index contributed by atoms with van der Waals surface area (Å²) in [6, 6.07) is 11.8. The zero-order chi connectivity index (χ0) is 16.2. The van der Waals surface area contributed by atoms with Crippen molar-refractivity contribution in [1.82, 2.24) is 14.9 Å². The molecule has 116 valence electrons. The van der Waals surface area contributed by atoms with Crippen LogP contribution in [0.25, 0.3) is 0 Å². The molecule has 8 nitrogen and oxygen atoms in total. The van der Waals surface area contributed by atoms with Crippen molar-refractivity contribution in [3.63, 3.8) is 0 Å². The molecule has 3 aromatic rings. The van der Waals surface area contributed by atoms with Crippen LogP contribution in [0.2, 0.25) is 0 Å². The third-order valence-electron chi connectivity index (χ3n) is 3.07. The van der Waals surface area contributed by atoms with Gasteiger partial charge in [0.15, 0.2) is 11.5 Å². The third-order valence-corrected chi connectivity index (χ3v) is 3.07. The molecule has 0 spiro atoms. The molecule has 8 heteroatoms. The number of carbonyl (C=O) groups excluding carboxylic acids is 2. The van der Waals surface area contributed by atoms with Gasteiger partial charge in [-0.3, -0.25) is 14.3 Å². The second-order valence-electron chi connectivity index (χ2n) is 4.70. The van der Waals surface area contributed by atoms with Gasteiger partial charge in [-0.15, -0.1) is 0 Å². The molecule has 0 bridgehead atoms. The van der Waals surface area contributed by atoms with Gasteiger partial charge in [-0.1, -0.05) is 23.4 Å². The molecule has 0 fully saturated rings. The summed E-state index contributed by atoms with van der Waals surface area (Å²) < 4.78 is 6.05. The highest BCUT2D eigenvalue weighted by Gasteiger charge is 2.16. The Bertz CT molecular complexity index is 824. The van der Waals surface area contributed by atoms with E-state index in [0.29, 0.717) is 11.4 Å². The number of benzene rings is 1. The van der Waals surface area contributed by atoms with Gasteiger partial charge in [0.25, 0.3) is 11.8 Å². The largest absolute Gasteiger partial charge is 0.363 e. The van der Waals surface area contributed by atoms with Crippen molar-refractivity contribution in [1.29, 1.82) is 0 Å². The van der Waals surface area contributed by atoms with Crippen molar-refractivity contribution in [3.05, 3.63) is 60.0 Å². The minimum absolute atomic E-state index is 0.152. The summed E-state index contributed by atoms with van der Waals surface area (Å²) in [6.07, 6.45) is 1.35. The minimum Gasteiger partial charge on any atom is -0.363 e. The molecule has 0 unspecified atom stereocenters. The topological polar surface area (TPSA) is 102 Å². The number of hydrogen-bond acceptors (Lipinski definition) is 5. The lowest BCUT2D eigenvalue weighted by Crippen LogP contribution is -2.14. The van der Waals surface area contributed by atoms with Crippen LogP contribution in [-0.2, 0) is 7.05 Å². The van der Waals surface area contributed by atoms with E-state index in [0.717, 1.165) is 0 Å². The Balaban J connectivity index is 1.73. The van der Waals surface area contributed by atoms with E-state index in [9.17, 15) is 9.59 Å². The van der Waals surface area contributed by atoms with E-state index in [2.05, 4.69) is 25.4 Å². The van der Waals surface area contributed by atoms with Gasteiger partial charge in [-0.2, -0.15) is 5.10 Å². The average Bonchev–Trinajstić information content (AvgIpc) is 3.18. The van der Waals surface area contributed by atoms with Crippen LogP contribution >= 0.6 is 0 Å². The number of nitrogens with zero attached hydrogens (tertiary/aromatic N) is 3. The van der Waals surface area contributed by atoms with Gasteiger partial charge in [0, 0.05) is 24.7 Å². The quantitative estimate of drug-likeness (QED) is 0.766. The lowest BCUT2D eigenvalue weighted by molar-refractivity contribution is 0.101. The smallest absolute Gasteiger partial charge is 0.277 e. The molecule has 0 atom stereocenters. The van der Waals surface area contributed by atoms with E-state index in [1.807, 2.05) is 6.07 Å². The molecular formula is C15H13N5O3. The summed E-state index contributed by atoms with van der Waals surface area (Å²) >= 11 is 0. The molecule has 0 saturated heterocycles. The van der Waals surface area contributed by atoms with Crippen LogP contribution in [0.1, 0.15) is 20.8 Å². The minimum atomic E-state index is -0.449. The molecule has 0 saturated carbocycles. The van der Waals surface area contributed by atoms with Crippen molar-refractivity contribution in [2.75, 3.05) is 10.6 Å². The number of amides is 2. The molecule has 2 amide bonds. The number of anilines is 2. The summed E-state index contributed by atoms with van der Waals surface area (Å²) in [5, 5.41) is 12.9. The molecule has 1 aromatic carbocycles.